The Morgan fingerprint density at radius 2 is 2.06 bits per heavy atom. The molecular formula is C9H13F3O4. The van der Waals surface area contributed by atoms with Crippen LogP contribution in [0.4, 0.5) is 13.2 Å². The Morgan fingerprint density at radius 3 is 2.56 bits per heavy atom. The van der Waals surface area contributed by atoms with Gasteiger partial charge in [-0.05, 0) is 19.8 Å². The normalized spacial score (nSPS) is 30.4. The molecule has 0 saturated heterocycles. The highest BCUT2D eigenvalue weighted by Gasteiger charge is 2.44. The van der Waals surface area contributed by atoms with Crippen LogP contribution in [-0.4, -0.2) is 36.3 Å². The predicted molar refractivity (Wildman–Crippen MR) is 46.3 cm³/mol. The van der Waals surface area contributed by atoms with Gasteiger partial charge >= 0.3 is 12.3 Å². The Bertz CT molecular complexity index is 254. The highest BCUT2D eigenvalue weighted by molar-refractivity contribution is 5.73. The van der Waals surface area contributed by atoms with E-state index < -0.39 is 30.5 Å². The van der Waals surface area contributed by atoms with Gasteiger partial charge in [-0.1, -0.05) is 0 Å². The predicted octanol–water partition coefficient (Wildman–Crippen LogP) is 1.23. The molecule has 0 aromatic heterocycles. The van der Waals surface area contributed by atoms with E-state index in [1.54, 1.807) is 6.92 Å². The molecule has 0 spiro atoms. The van der Waals surface area contributed by atoms with E-state index in [9.17, 15) is 23.1 Å². The summed E-state index contributed by atoms with van der Waals surface area (Å²) in [4.78, 5) is 11.2. The van der Waals surface area contributed by atoms with Crippen molar-refractivity contribution >= 4 is 5.97 Å². The third kappa shape index (κ3) is 3.64. The number of rotatable bonds is 3. The summed E-state index contributed by atoms with van der Waals surface area (Å²) in [5.74, 6) is -1.31. The maximum absolute atomic E-state index is 11.9. The van der Waals surface area contributed by atoms with Gasteiger partial charge in [-0.15, -0.1) is 13.2 Å². The molecule has 3 atom stereocenters. The van der Waals surface area contributed by atoms with E-state index in [1.807, 2.05) is 0 Å². The Kier molecular flexibility index (Phi) is 4.15. The van der Waals surface area contributed by atoms with Gasteiger partial charge in [0.15, 0.2) is 0 Å². The second kappa shape index (κ2) is 5.01. The molecule has 1 aliphatic rings. The number of aliphatic hydroxyl groups is 1. The molecule has 0 amide bonds. The first kappa shape index (κ1) is 13.2. The van der Waals surface area contributed by atoms with Gasteiger partial charge in [0.2, 0.25) is 0 Å². The van der Waals surface area contributed by atoms with E-state index in [2.05, 4.69) is 9.47 Å². The number of esters is 1. The number of hydrogen-bond donors (Lipinski definition) is 1. The zero-order valence-electron chi connectivity index (χ0n) is 8.66. The van der Waals surface area contributed by atoms with E-state index in [-0.39, 0.29) is 19.4 Å². The summed E-state index contributed by atoms with van der Waals surface area (Å²) >= 11 is 0. The average Bonchev–Trinajstić information content (AvgIpc) is 2.45. The van der Waals surface area contributed by atoms with Crippen molar-refractivity contribution in [2.45, 2.75) is 38.3 Å². The molecule has 94 valence electrons. The van der Waals surface area contributed by atoms with Crippen molar-refractivity contribution in [3.63, 3.8) is 0 Å². The molecule has 0 heterocycles. The SMILES string of the molecule is CCOC(=O)[C@@H]1C[C@@H](O)[C@H](OC(F)(F)F)C1. The van der Waals surface area contributed by atoms with Crippen LogP contribution in [0.5, 0.6) is 0 Å². The van der Waals surface area contributed by atoms with Crippen LogP contribution in [0.1, 0.15) is 19.8 Å². The number of carbonyl (C=O) groups excluding carboxylic acids is 1. The fourth-order valence-corrected chi connectivity index (χ4v) is 1.73. The summed E-state index contributed by atoms with van der Waals surface area (Å²) in [6.07, 6.45) is -7.68. The lowest BCUT2D eigenvalue weighted by Crippen LogP contribution is -2.29. The van der Waals surface area contributed by atoms with Crippen LogP contribution in [0, 0.1) is 5.92 Å². The molecule has 0 bridgehead atoms. The van der Waals surface area contributed by atoms with Crippen molar-refractivity contribution in [2.24, 2.45) is 5.92 Å². The zero-order valence-corrected chi connectivity index (χ0v) is 8.66. The summed E-state index contributed by atoms with van der Waals surface area (Å²) in [5.41, 5.74) is 0. The van der Waals surface area contributed by atoms with Crippen LogP contribution >= 0.6 is 0 Å². The minimum absolute atomic E-state index is 0.0560. The second-order valence-electron chi connectivity index (χ2n) is 3.59. The van der Waals surface area contributed by atoms with Crippen molar-refractivity contribution in [1.82, 2.24) is 0 Å². The number of aliphatic hydroxyl groups excluding tert-OH is 1. The van der Waals surface area contributed by atoms with Crippen molar-refractivity contribution in [2.75, 3.05) is 6.61 Å². The minimum atomic E-state index is -4.80. The van der Waals surface area contributed by atoms with Gasteiger partial charge in [0.05, 0.1) is 24.7 Å². The topological polar surface area (TPSA) is 55.8 Å². The van der Waals surface area contributed by atoms with Crippen molar-refractivity contribution < 1.29 is 32.5 Å². The number of hydrogen-bond acceptors (Lipinski definition) is 4. The molecule has 1 fully saturated rings. The Labute approximate surface area is 90.3 Å². The largest absolute Gasteiger partial charge is 0.522 e. The summed E-state index contributed by atoms with van der Waals surface area (Å²) in [6.45, 7) is 1.77. The van der Waals surface area contributed by atoms with Gasteiger partial charge in [-0.25, -0.2) is 0 Å². The fourth-order valence-electron chi connectivity index (χ4n) is 1.73. The van der Waals surface area contributed by atoms with Crippen molar-refractivity contribution in [3.8, 4) is 0 Å². The van der Waals surface area contributed by atoms with Gasteiger partial charge in [-0.3, -0.25) is 9.53 Å². The van der Waals surface area contributed by atoms with Crippen LogP contribution in [0.15, 0.2) is 0 Å². The first-order valence-corrected chi connectivity index (χ1v) is 4.92. The molecule has 0 aromatic rings. The lowest BCUT2D eigenvalue weighted by Gasteiger charge is -2.16. The summed E-state index contributed by atoms with van der Waals surface area (Å²) < 4.78 is 44.1. The van der Waals surface area contributed by atoms with Crippen molar-refractivity contribution in [3.05, 3.63) is 0 Å². The van der Waals surface area contributed by atoms with Gasteiger partial charge in [-0.2, -0.15) is 0 Å². The number of ether oxygens (including phenoxy) is 2. The van der Waals surface area contributed by atoms with Crippen LogP contribution in [-0.2, 0) is 14.3 Å². The molecule has 1 N–H and O–H groups in total. The van der Waals surface area contributed by atoms with E-state index in [1.165, 1.54) is 0 Å². The monoisotopic (exact) mass is 242 g/mol. The first-order chi connectivity index (χ1) is 7.33. The van der Waals surface area contributed by atoms with Crippen molar-refractivity contribution in [1.29, 1.82) is 0 Å². The molecule has 7 heteroatoms. The highest BCUT2D eigenvalue weighted by Crippen LogP contribution is 2.33. The third-order valence-electron chi connectivity index (χ3n) is 2.38. The van der Waals surface area contributed by atoms with E-state index in [4.69, 9.17) is 0 Å². The highest BCUT2D eigenvalue weighted by atomic mass is 19.4. The molecule has 0 aromatic carbocycles. The van der Waals surface area contributed by atoms with Gasteiger partial charge in [0, 0.05) is 0 Å². The molecule has 1 aliphatic carbocycles. The maximum atomic E-state index is 11.9. The molecule has 1 rings (SSSR count). The third-order valence-corrected chi connectivity index (χ3v) is 2.38. The Balaban J connectivity index is 2.50. The molecule has 1 saturated carbocycles. The standard InChI is InChI=1S/C9H13F3O4/c1-2-15-8(14)5-3-6(13)7(4-5)16-9(10,11)12/h5-7,13H,2-4H2,1H3/t5-,6-,7-/m1/s1. The molecule has 0 radical (unpaired) electrons. The molecule has 4 nitrogen and oxygen atoms in total. The summed E-state index contributed by atoms with van der Waals surface area (Å²) in [5, 5.41) is 9.31. The first-order valence-electron chi connectivity index (χ1n) is 4.92. The Morgan fingerprint density at radius 1 is 1.44 bits per heavy atom. The van der Waals surface area contributed by atoms with Crippen LogP contribution in [0.3, 0.4) is 0 Å². The van der Waals surface area contributed by atoms with E-state index in [0.717, 1.165) is 0 Å². The van der Waals surface area contributed by atoms with Crippen LogP contribution in [0.25, 0.3) is 0 Å². The summed E-state index contributed by atoms with van der Waals surface area (Å²) in [7, 11) is 0. The van der Waals surface area contributed by atoms with Gasteiger partial charge in [0.25, 0.3) is 0 Å². The van der Waals surface area contributed by atoms with E-state index >= 15 is 0 Å². The molecule has 0 aliphatic heterocycles. The number of halogens is 3. The average molecular weight is 242 g/mol. The minimum Gasteiger partial charge on any atom is -0.466 e. The fraction of sp³-hybridized carbons (Fsp3) is 0.889. The molecule has 16 heavy (non-hydrogen) atoms. The quantitative estimate of drug-likeness (QED) is 0.756. The Hall–Kier alpha value is -0.820. The van der Waals surface area contributed by atoms with Crippen LogP contribution < -0.4 is 0 Å². The smallest absolute Gasteiger partial charge is 0.466 e. The van der Waals surface area contributed by atoms with E-state index in [0.29, 0.717) is 0 Å². The lowest BCUT2D eigenvalue weighted by molar-refractivity contribution is -0.348. The molecule has 0 unspecified atom stereocenters. The number of carbonyl (C=O) groups is 1. The van der Waals surface area contributed by atoms with Gasteiger partial charge in [0.1, 0.15) is 0 Å². The lowest BCUT2D eigenvalue weighted by atomic mass is 10.1. The van der Waals surface area contributed by atoms with Gasteiger partial charge < -0.3 is 9.84 Å². The second-order valence-corrected chi connectivity index (χ2v) is 3.59. The van der Waals surface area contributed by atoms with Crippen LogP contribution in [0.2, 0.25) is 0 Å². The summed E-state index contributed by atoms with van der Waals surface area (Å²) in [6, 6.07) is 0. The maximum Gasteiger partial charge on any atom is 0.522 e. The number of alkyl halides is 3. The zero-order chi connectivity index (χ0) is 12.3. The molecular weight excluding hydrogens is 229 g/mol.